The average molecular weight is 453 g/mol. The highest BCUT2D eigenvalue weighted by Crippen LogP contribution is 2.22. The van der Waals surface area contributed by atoms with Gasteiger partial charge in [0.1, 0.15) is 18.9 Å². The van der Waals surface area contributed by atoms with Crippen molar-refractivity contribution in [1.82, 2.24) is 19.7 Å². The molecule has 0 spiro atoms. The molecule has 0 N–H and O–H groups in total. The largest absolute Gasteiger partial charge is 0.485 e. The first kappa shape index (κ1) is 22.2. The maximum Gasteiger partial charge on any atom is 0.270 e. The van der Waals surface area contributed by atoms with Crippen LogP contribution < -0.4 is 10.3 Å². The van der Waals surface area contributed by atoms with E-state index in [-0.39, 0.29) is 18.9 Å². The maximum absolute atomic E-state index is 12.8. The fourth-order valence-corrected chi connectivity index (χ4v) is 3.80. The van der Waals surface area contributed by atoms with Gasteiger partial charge in [-0.15, -0.1) is 0 Å². The van der Waals surface area contributed by atoms with E-state index >= 15 is 0 Å². The van der Waals surface area contributed by atoms with Crippen LogP contribution in [0.5, 0.6) is 5.75 Å². The number of rotatable bonds is 7. The van der Waals surface area contributed by atoms with Gasteiger partial charge in [0, 0.05) is 37.0 Å². The Bertz CT molecular complexity index is 1170. The second kappa shape index (κ2) is 9.63. The van der Waals surface area contributed by atoms with Crippen LogP contribution in [0.1, 0.15) is 41.0 Å². The van der Waals surface area contributed by atoms with Crippen molar-refractivity contribution >= 4 is 17.4 Å². The molecule has 0 amide bonds. The van der Waals surface area contributed by atoms with Gasteiger partial charge < -0.3 is 4.74 Å². The van der Waals surface area contributed by atoms with E-state index in [9.17, 15) is 9.59 Å². The highest BCUT2D eigenvalue weighted by atomic mass is 35.5. The number of aromatic nitrogens is 3. The lowest BCUT2D eigenvalue weighted by Gasteiger charge is -2.32. The Morgan fingerprint density at radius 2 is 2.00 bits per heavy atom. The molecule has 0 unspecified atom stereocenters. The highest BCUT2D eigenvalue weighted by molar-refractivity contribution is 6.30. The van der Waals surface area contributed by atoms with E-state index in [0.29, 0.717) is 28.1 Å². The molecule has 1 aliphatic rings. The molecule has 3 aromatic rings. The summed E-state index contributed by atoms with van der Waals surface area (Å²) in [5.41, 5.74) is 3.33. The second-order valence-electron chi connectivity index (χ2n) is 8.16. The third-order valence-electron chi connectivity index (χ3n) is 5.61. The number of benzene rings is 1. The van der Waals surface area contributed by atoms with Gasteiger partial charge in [-0.25, -0.2) is 4.68 Å². The Hall–Kier alpha value is -3.03. The predicted octanol–water partition coefficient (Wildman–Crippen LogP) is 3.52. The van der Waals surface area contributed by atoms with Crippen LogP contribution in [-0.2, 0) is 26.1 Å². The lowest BCUT2D eigenvalue weighted by Crippen LogP contribution is -2.36. The number of pyridine rings is 1. The summed E-state index contributed by atoms with van der Waals surface area (Å²) in [5, 5.41) is 4.64. The minimum atomic E-state index is -0.399. The SMILES string of the molecule is CC(C)N1CCc2ccc(C(=O)Cn3ncc(OCc4ccc(Cl)cn4)cc3=O)cc2C1. The van der Waals surface area contributed by atoms with Gasteiger partial charge in [0.2, 0.25) is 0 Å². The topological polar surface area (TPSA) is 77.3 Å². The van der Waals surface area contributed by atoms with Crippen LogP contribution in [0.15, 0.2) is 53.6 Å². The molecule has 1 aromatic carbocycles. The van der Waals surface area contributed by atoms with Crippen molar-refractivity contribution in [3.8, 4) is 5.75 Å². The van der Waals surface area contributed by atoms with Gasteiger partial charge in [-0.2, -0.15) is 5.10 Å². The maximum atomic E-state index is 12.8. The van der Waals surface area contributed by atoms with Crippen LogP contribution >= 0.6 is 11.6 Å². The molecule has 0 atom stereocenters. The van der Waals surface area contributed by atoms with Crippen LogP contribution in [0.4, 0.5) is 0 Å². The Labute approximate surface area is 191 Å². The van der Waals surface area contributed by atoms with Gasteiger partial charge in [0.05, 0.1) is 16.9 Å². The molecule has 0 aliphatic carbocycles. The standard InChI is InChI=1S/C24H25ClN4O3/c1-16(2)28-8-7-17-3-4-18(9-19(17)13-28)23(30)14-29-24(31)10-22(12-27-29)32-15-21-6-5-20(25)11-26-21/h3-6,9-12,16H,7-8,13-15H2,1-2H3. The van der Waals surface area contributed by atoms with Gasteiger partial charge in [0.25, 0.3) is 5.56 Å². The number of halogens is 1. The summed E-state index contributed by atoms with van der Waals surface area (Å²) in [5.74, 6) is 0.168. The second-order valence-corrected chi connectivity index (χ2v) is 8.60. The molecule has 32 heavy (non-hydrogen) atoms. The van der Waals surface area contributed by atoms with Crippen LogP contribution in [0.25, 0.3) is 0 Å². The number of ether oxygens (including phenoxy) is 1. The van der Waals surface area contributed by atoms with E-state index in [4.69, 9.17) is 16.3 Å². The van der Waals surface area contributed by atoms with Crippen molar-refractivity contribution < 1.29 is 9.53 Å². The minimum Gasteiger partial charge on any atom is -0.485 e. The molecule has 4 rings (SSSR count). The molecule has 0 saturated carbocycles. The summed E-state index contributed by atoms with van der Waals surface area (Å²) in [6.07, 6.45) is 3.94. The Morgan fingerprint density at radius 1 is 1.16 bits per heavy atom. The number of ketones is 1. The van der Waals surface area contributed by atoms with Crippen molar-refractivity contribution in [3.63, 3.8) is 0 Å². The Morgan fingerprint density at radius 3 is 2.72 bits per heavy atom. The lowest BCUT2D eigenvalue weighted by atomic mass is 9.95. The minimum absolute atomic E-state index is 0.121. The first-order chi connectivity index (χ1) is 15.4. The molecule has 7 nitrogen and oxygen atoms in total. The van der Waals surface area contributed by atoms with Crippen molar-refractivity contribution in [1.29, 1.82) is 0 Å². The smallest absolute Gasteiger partial charge is 0.270 e. The van der Waals surface area contributed by atoms with E-state index in [1.54, 1.807) is 12.1 Å². The summed E-state index contributed by atoms with van der Waals surface area (Å²) < 4.78 is 6.73. The summed E-state index contributed by atoms with van der Waals surface area (Å²) in [6, 6.07) is 11.1. The monoisotopic (exact) mass is 452 g/mol. The van der Waals surface area contributed by atoms with Crippen molar-refractivity contribution in [2.24, 2.45) is 0 Å². The van der Waals surface area contributed by atoms with E-state index < -0.39 is 5.56 Å². The first-order valence-electron chi connectivity index (χ1n) is 10.6. The zero-order chi connectivity index (χ0) is 22.7. The van der Waals surface area contributed by atoms with Crippen molar-refractivity contribution in [3.05, 3.63) is 86.6 Å². The number of hydrogen-bond donors (Lipinski definition) is 0. The van der Waals surface area contributed by atoms with Crippen LogP contribution in [0.3, 0.4) is 0 Å². The van der Waals surface area contributed by atoms with Gasteiger partial charge in [-0.05, 0) is 49.6 Å². The molecular weight excluding hydrogens is 428 g/mol. The fourth-order valence-electron chi connectivity index (χ4n) is 3.68. The number of nitrogens with zero attached hydrogens (tertiary/aromatic N) is 4. The van der Waals surface area contributed by atoms with E-state index in [0.717, 1.165) is 24.2 Å². The summed E-state index contributed by atoms with van der Waals surface area (Å²) in [4.78, 5) is 31.8. The number of carbonyl (C=O) groups excluding carboxylic acids is 1. The molecule has 166 valence electrons. The normalized spacial score (nSPS) is 13.8. The zero-order valence-electron chi connectivity index (χ0n) is 18.1. The molecule has 0 bridgehead atoms. The van der Waals surface area contributed by atoms with Crippen LogP contribution in [0.2, 0.25) is 5.02 Å². The quantitative estimate of drug-likeness (QED) is 0.510. The first-order valence-corrected chi connectivity index (χ1v) is 11.0. The Kier molecular flexibility index (Phi) is 6.67. The predicted molar refractivity (Wildman–Crippen MR) is 122 cm³/mol. The zero-order valence-corrected chi connectivity index (χ0v) is 18.9. The summed E-state index contributed by atoms with van der Waals surface area (Å²) >= 11 is 5.82. The average Bonchev–Trinajstić information content (AvgIpc) is 2.79. The van der Waals surface area contributed by atoms with E-state index in [2.05, 4.69) is 28.8 Å². The molecule has 0 saturated heterocycles. The van der Waals surface area contributed by atoms with Crippen LogP contribution in [0, 0.1) is 0 Å². The van der Waals surface area contributed by atoms with Crippen LogP contribution in [-0.4, -0.2) is 38.0 Å². The molecule has 0 radical (unpaired) electrons. The number of Topliss-reactive ketones (excluding diaryl/α,β-unsaturated/α-hetero) is 1. The molecular formula is C24H25ClN4O3. The van der Waals surface area contributed by atoms with Gasteiger partial charge in [-0.3, -0.25) is 19.5 Å². The molecule has 3 heterocycles. The van der Waals surface area contributed by atoms with Gasteiger partial charge in [0.15, 0.2) is 5.78 Å². The Balaban J connectivity index is 1.42. The van der Waals surface area contributed by atoms with Crippen molar-refractivity contribution in [2.45, 2.75) is 46.0 Å². The van der Waals surface area contributed by atoms with Gasteiger partial charge >= 0.3 is 0 Å². The number of carbonyl (C=O) groups is 1. The molecule has 8 heteroatoms. The van der Waals surface area contributed by atoms with E-state index in [1.807, 2.05) is 18.2 Å². The summed E-state index contributed by atoms with van der Waals surface area (Å²) in [7, 11) is 0. The molecule has 1 aliphatic heterocycles. The molecule has 0 fully saturated rings. The van der Waals surface area contributed by atoms with Crippen molar-refractivity contribution in [2.75, 3.05) is 6.54 Å². The lowest BCUT2D eigenvalue weighted by molar-refractivity contribution is 0.0965. The number of hydrogen-bond acceptors (Lipinski definition) is 6. The van der Waals surface area contributed by atoms with E-state index in [1.165, 1.54) is 29.6 Å². The fraction of sp³-hybridized carbons (Fsp3) is 0.333. The third-order valence-corrected chi connectivity index (χ3v) is 5.84. The summed E-state index contributed by atoms with van der Waals surface area (Å²) in [6.45, 7) is 6.28. The van der Waals surface area contributed by atoms with Gasteiger partial charge in [-0.1, -0.05) is 23.7 Å². The number of fused-ring (bicyclic) bond motifs is 1. The third kappa shape index (κ3) is 5.23. The highest BCUT2D eigenvalue weighted by Gasteiger charge is 2.20. The molecule has 2 aromatic heterocycles.